The lowest BCUT2D eigenvalue weighted by Crippen LogP contribution is -2.21. The third-order valence-corrected chi connectivity index (χ3v) is 3.64. The predicted molar refractivity (Wildman–Crippen MR) is 102 cm³/mol. The Hall–Kier alpha value is -2.15. The van der Waals surface area contributed by atoms with Crippen molar-refractivity contribution in [1.29, 1.82) is 0 Å². The maximum Gasteiger partial charge on any atom is 0.284 e. The molecule has 150 valence electrons. The van der Waals surface area contributed by atoms with Crippen molar-refractivity contribution >= 4 is 0 Å². The van der Waals surface area contributed by atoms with Gasteiger partial charge in [-0.15, -0.1) is 0 Å². The molecule has 0 bridgehead atoms. The summed E-state index contributed by atoms with van der Waals surface area (Å²) in [7, 11) is 0. The maximum atomic E-state index is 13.4. The molecular weight excluding hydrogens is 355 g/mol. The van der Waals surface area contributed by atoms with E-state index in [1.807, 2.05) is 27.7 Å². The summed E-state index contributed by atoms with van der Waals surface area (Å²) >= 11 is 0. The van der Waals surface area contributed by atoms with Gasteiger partial charge < -0.3 is 10.5 Å². The van der Waals surface area contributed by atoms with Gasteiger partial charge in [0.05, 0.1) is 18.0 Å². The van der Waals surface area contributed by atoms with E-state index in [9.17, 15) is 13.2 Å². The van der Waals surface area contributed by atoms with Crippen LogP contribution in [0.1, 0.15) is 51.9 Å². The molecule has 2 aromatic heterocycles. The molecule has 0 saturated heterocycles. The van der Waals surface area contributed by atoms with E-state index in [1.165, 1.54) is 18.3 Å². The second-order valence-electron chi connectivity index (χ2n) is 6.18. The van der Waals surface area contributed by atoms with Crippen LogP contribution in [-0.4, -0.2) is 22.6 Å². The number of hydrogen-bond acceptors (Lipinski definition) is 4. The largest absolute Gasteiger partial charge is 0.491 e. The molecule has 0 aliphatic rings. The molecule has 0 aliphatic heterocycles. The van der Waals surface area contributed by atoms with E-state index < -0.39 is 18.8 Å². The summed E-state index contributed by atoms with van der Waals surface area (Å²) in [6, 6.07) is 6.16. The van der Waals surface area contributed by atoms with Crippen LogP contribution in [0.4, 0.5) is 13.2 Å². The van der Waals surface area contributed by atoms with E-state index in [0.29, 0.717) is 11.3 Å². The van der Waals surface area contributed by atoms with Crippen molar-refractivity contribution in [3.63, 3.8) is 0 Å². The molecule has 4 nitrogen and oxygen atoms in total. The predicted octanol–water partition coefficient (Wildman–Crippen LogP) is 5.33. The minimum atomic E-state index is -2.78. The van der Waals surface area contributed by atoms with Crippen molar-refractivity contribution in [3.05, 3.63) is 41.9 Å². The molecule has 2 heterocycles. The minimum Gasteiger partial charge on any atom is -0.491 e. The highest BCUT2D eigenvalue weighted by atomic mass is 19.3. The summed E-state index contributed by atoms with van der Waals surface area (Å²) in [6.45, 7) is 7.39. The summed E-state index contributed by atoms with van der Waals surface area (Å²) in [4.78, 5) is 7.85. The van der Waals surface area contributed by atoms with Gasteiger partial charge in [0, 0.05) is 17.8 Å². The fraction of sp³-hybridized carbons (Fsp3) is 0.500. The van der Waals surface area contributed by atoms with Gasteiger partial charge >= 0.3 is 0 Å². The van der Waals surface area contributed by atoms with Crippen LogP contribution in [0.25, 0.3) is 11.3 Å². The molecular formula is C20H28F3N3O. The quantitative estimate of drug-likeness (QED) is 0.669. The Balaban J connectivity index is 0.00000176. The van der Waals surface area contributed by atoms with Crippen LogP contribution >= 0.6 is 0 Å². The minimum absolute atomic E-state index is 0.0186. The first-order valence-electron chi connectivity index (χ1n) is 9.09. The van der Waals surface area contributed by atoms with E-state index in [-0.39, 0.29) is 30.0 Å². The van der Waals surface area contributed by atoms with E-state index in [1.54, 1.807) is 12.1 Å². The van der Waals surface area contributed by atoms with Crippen LogP contribution in [-0.2, 0) is 6.67 Å². The lowest BCUT2D eigenvalue weighted by atomic mass is 10.0. The van der Waals surface area contributed by atoms with Gasteiger partial charge in [-0.25, -0.2) is 18.2 Å². The molecule has 27 heavy (non-hydrogen) atoms. The van der Waals surface area contributed by atoms with Crippen molar-refractivity contribution < 1.29 is 17.9 Å². The van der Waals surface area contributed by atoms with Crippen LogP contribution in [0.5, 0.6) is 5.75 Å². The van der Waals surface area contributed by atoms with Crippen LogP contribution in [0.3, 0.4) is 0 Å². The second-order valence-corrected chi connectivity index (χ2v) is 6.18. The van der Waals surface area contributed by atoms with Gasteiger partial charge in [-0.05, 0) is 43.5 Å². The molecule has 0 amide bonds. The number of alkyl halides is 3. The fourth-order valence-corrected chi connectivity index (χ4v) is 2.55. The number of aromatic nitrogens is 2. The van der Waals surface area contributed by atoms with Crippen LogP contribution < -0.4 is 10.5 Å². The number of hydrogen-bond donors (Lipinski definition) is 1. The summed E-state index contributed by atoms with van der Waals surface area (Å²) in [6.07, 6.45) is -0.617. The molecule has 0 aromatic carbocycles. The zero-order valence-electron chi connectivity index (χ0n) is 16.3. The van der Waals surface area contributed by atoms with Gasteiger partial charge in [-0.3, -0.25) is 4.98 Å². The van der Waals surface area contributed by atoms with Crippen LogP contribution in [0.2, 0.25) is 0 Å². The SMILES string of the molecule is CC.CC(N)CC(C)COc1ccc(-c2ccnc(CF)c2)nc1C(F)F. The zero-order chi connectivity index (χ0) is 20.4. The molecule has 0 spiro atoms. The van der Waals surface area contributed by atoms with Gasteiger partial charge in [0.1, 0.15) is 18.1 Å². The molecule has 0 radical (unpaired) electrons. The lowest BCUT2D eigenvalue weighted by Gasteiger charge is -2.17. The van der Waals surface area contributed by atoms with Crippen molar-refractivity contribution in [2.75, 3.05) is 6.61 Å². The third-order valence-electron chi connectivity index (χ3n) is 3.64. The highest BCUT2D eigenvalue weighted by Gasteiger charge is 2.19. The van der Waals surface area contributed by atoms with Crippen molar-refractivity contribution in [3.8, 4) is 17.0 Å². The highest BCUT2D eigenvalue weighted by molar-refractivity contribution is 5.60. The van der Waals surface area contributed by atoms with Crippen LogP contribution in [0.15, 0.2) is 30.5 Å². The first-order valence-corrected chi connectivity index (χ1v) is 9.09. The topological polar surface area (TPSA) is 61.0 Å². The third kappa shape index (κ3) is 7.17. The van der Waals surface area contributed by atoms with Gasteiger partial charge in [0.25, 0.3) is 6.43 Å². The fourth-order valence-electron chi connectivity index (χ4n) is 2.55. The summed E-state index contributed by atoms with van der Waals surface area (Å²) in [5.41, 5.74) is 6.38. The number of ether oxygens (including phenoxy) is 1. The summed E-state index contributed by atoms with van der Waals surface area (Å²) in [5, 5.41) is 0. The Labute approximate surface area is 159 Å². The van der Waals surface area contributed by atoms with E-state index in [2.05, 4.69) is 9.97 Å². The van der Waals surface area contributed by atoms with E-state index in [0.717, 1.165) is 6.42 Å². The van der Waals surface area contributed by atoms with E-state index in [4.69, 9.17) is 10.5 Å². The monoisotopic (exact) mass is 383 g/mol. The Morgan fingerprint density at radius 1 is 1.15 bits per heavy atom. The molecule has 2 unspecified atom stereocenters. The molecule has 2 rings (SSSR count). The molecule has 2 N–H and O–H groups in total. The number of halogens is 3. The molecule has 0 aliphatic carbocycles. The Morgan fingerprint density at radius 3 is 2.44 bits per heavy atom. The first kappa shape index (κ1) is 22.9. The molecule has 2 aromatic rings. The number of pyridine rings is 2. The van der Waals surface area contributed by atoms with Gasteiger partial charge in [0.2, 0.25) is 0 Å². The second kappa shape index (κ2) is 11.5. The smallest absolute Gasteiger partial charge is 0.284 e. The Morgan fingerprint density at radius 2 is 1.85 bits per heavy atom. The summed E-state index contributed by atoms with van der Waals surface area (Å²) < 4.78 is 45.0. The van der Waals surface area contributed by atoms with Gasteiger partial charge in [0.15, 0.2) is 0 Å². The maximum absolute atomic E-state index is 13.4. The average molecular weight is 383 g/mol. The normalized spacial score (nSPS) is 12.9. The summed E-state index contributed by atoms with van der Waals surface area (Å²) in [5.74, 6) is 0.188. The van der Waals surface area contributed by atoms with Gasteiger partial charge in [-0.1, -0.05) is 20.8 Å². The zero-order valence-corrected chi connectivity index (χ0v) is 16.3. The standard InChI is InChI=1S/C18H22F3N3O.C2H6/c1-11(7-12(2)22)10-25-16-4-3-15(24-17(16)18(20)21)13-5-6-23-14(8-13)9-19;1-2/h3-6,8,11-12,18H,7,9-10,22H2,1-2H3;1-2H3. The number of nitrogens with zero attached hydrogens (tertiary/aromatic N) is 2. The van der Waals surface area contributed by atoms with Crippen molar-refractivity contribution in [2.24, 2.45) is 11.7 Å². The van der Waals surface area contributed by atoms with Gasteiger partial charge in [-0.2, -0.15) is 0 Å². The molecule has 7 heteroatoms. The highest BCUT2D eigenvalue weighted by Crippen LogP contribution is 2.31. The van der Waals surface area contributed by atoms with Crippen LogP contribution in [0, 0.1) is 5.92 Å². The van der Waals surface area contributed by atoms with E-state index >= 15 is 0 Å². The molecule has 2 atom stereocenters. The Kier molecular flexibility index (Phi) is 9.78. The average Bonchev–Trinajstić information content (AvgIpc) is 2.67. The Bertz CT molecular complexity index is 696. The first-order chi connectivity index (χ1) is 12.9. The number of nitrogens with two attached hydrogens (primary N) is 1. The molecule has 0 saturated carbocycles. The van der Waals surface area contributed by atoms with Crippen molar-refractivity contribution in [1.82, 2.24) is 9.97 Å². The number of rotatable bonds is 8. The lowest BCUT2D eigenvalue weighted by molar-refractivity contribution is 0.137. The van der Waals surface area contributed by atoms with Crippen molar-refractivity contribution in [2.45, 2.75) is 53.3 Å². The molecule has 0 fully saturated rings.